The van der Waals surface area contributed by atoms with E-state index in [1.54, 1.807) is 13.0 Å². The zero-order valence-electron chi connectivity index (χ0n) is 15.4. The maximum atomic E-state index is 13.2. The number of primary amides is 1. The second-order valence-corrected chi connectivity index (χ2v) is 7.37. The number of carbonyl (C=O) groups excluding carboxylic acids is 2. The number of carbonyl (C=O) groups is 2. The minimum absolute atomic E-state index is 0.0448. The smallest absolute Gasteiger partial charge is 0.373 e. The Hall–Kier alpha value is -2.94. The van der Waals surface area contributed by atoms with Crippen molar-refractivity contribution in [2.24, 2.45) is 5.73 Å². The average Bonchev–Trinajstić information content (AvgIpc) is 3.21. The highest BCUT2D eigenvalue weighted by molar-refractivity contribution is 7.20. The van der Waals surface area contributed by atoms with E-state index in [1.807, 2.05) is 13.8 Å². The van der Waals surface area contributed by atoms with E-state index in [0.29, 0.717) is 32.2 Å². The largest absolute Gasteiger partial charge is 0.463 e. The lowest BCUT2D eigenvalue weighted by molar-refractivity contribution is 0.0562. The first-order valence-electron chi connectivity index (χ1n) is 8.25. The molecule has 0 aliphatic heterocycles. The van der Waals surface area contributed by atoms with Gasteiger partial charge in [-0.1, -0.05) is 13.8 Å². The van der Waals surface area contributed by atoms with Crippen molar-refractivity contribution in [1.82, 2.24) is 9.55 Å². The van der Waals surface area contributed by atoms with Crippen LogP contribution < -0.4 is 11.3 Å². The molecule has 0 saturated carbocycles. The number of rotatable bonds is 5. The van der Waals surface area contributed by atoms with E-state index in [0.717, 1.165) is 11.3 Å². The van der Waals surface area contributed by atoms with Crippen LogP contribution >= 0.6 is 11.3 Å². The van der Waals surface area contributed by atoms with Crippen molar-refractivity contribution < 1.29 is 18.7 Å². The molecule has 0 unspecified atom stereocenters. The van der Waals surface area contributed by atoms with Crippen molar-refractivity contribution >= 4 is 33.4 Å². The van der Waals surface area contributed by atoms with Crippen LogP contribution in [0.25, 0.3) is 10.2 Å². The number of furan rings is 1. The Morgan fingerprint density at radius 1 is 1.37 bits per heavy atom. The maximum absolute atomic E-state index is 13.2. The predicted molar refractivity (Wildman–Crippen MR) is 100 cm³/mol. The molecule has 0 bridgehead atoms. The van der Waals surface area contributed by atoms with E-state index >= 15 is 0 Å². The van der Waals surface area contributed by atoms with Crippen LogP contribution in [-0.4, -0.2) is 28.5 Å². The van der Waals surface area contributed by atoms with E-state index in [-0.39, 0.29) is 23.8 Å². The number of ether oxygens (including phenoxy) is 1. The molecular weight excluding hydrogens is 370 g/mol. The van der Waals surface area contributed by atoms with Gasteiger partial charge < -0.3 is 14.9 Å². The first-order valence-corrected chi connectivity index (χ1v) is 9.06. The van der Waals surface area contributed by atoms with Crippen LogP contribution in [0.4, 0.5) is 0 Å². The Morgan fingerprint density at radius 3 is 2.67 bits per heavy atom. The van der Waals surface area contributed by atoms with Gasteiger partial charge >= 0.3 is 5.97 Å². The molecule has 3 aromatic rings. The van der Waals surface area contributed by atoms with Crippen molar-refractivity contribution in [3.8, 4) is 0 Å². The fraction of sp³-hybridized carbons (Fsp3) is 0.333. The average molecular weight is 389 g/mol. The number of amides is 1. The molecule has 0 fully saturated rings. The van der Waals surface area contributed by atoms with Crippen LogP contribution in [-0.2, 0) is 11.3 Å². The van der Waals surface area contributed by atoms with Gasteiger partial charge in [0.15, 0.2) is 0 Å². The number of nitrogens with zero attached hydrogens (tertiary/aromatic N) is 2. The molecule has 0 aliphatic carbocycles. The predicted octanol–water partition coefficient (Wildman–Crippen LogP) is 2.42. The van der Waals surface area contributed by atoms with Gasteiger partial charge in [0.2, 0.25) is 5.76 Å². The number of fused-ring (bicyclic) bond motifs is 1. The monoisotopic (exact) mass is 389 g/mol. The molecule has 3 aromatic heterocycles. The zero-order chi connectivity index (χ0) is 19.9. The number of aromatic nitrogens is 2. The van der Waals surface area contributed by atoms with Crippen molar-refractivity contribution in [3.05, 3.63) is 50.3 Å². The summed E-state index contributed by atoms with van der Waals surface area (Å²) >= 11 is 1.12. The van der Waals surface area contributed by atoms with Gasteiger partial charge in [0.05, 0.1) is 23.9 Å². The van der Waals surface area contributed by atoms with Crippen molar-refractivity contribution in [2.75, 3.05) is 7.11 Å². The first-order chi connectivity index (χ1) is 12.7. The van der Waals surface area contributed by atoms with Crippen LogP contribution in [0, 0.1) is 6.92 Å². The second kappa shape index (κ2) is 6.99. The van der Waals surface area contributed by atoms with Crippen molar-refractivity contribution in [3.63, 3.8) is 0 Å². The Kier molecular flexibility index (Phi) is 4.88. The molecular formula is C18H19N3O5S. The zero-order valence-corrected chi connectivity index (χ0v) is 16.2. The number of esters is 1. The second-order valence-electron chi connectivity index (χ2n) is 6.37. The number of aryl methyl sites for hydroxylation is 1. The number of hydrogen-bond acceptors (Lipinski definition) is 7. The molecule has 3 heterocycles. The van der Waals surface area contributed by atoms with Crippen LogP contribution in [0.2, 0.25) is 0 Å². The van der Waals surface area contributed by atoms with Gasteiger partial charge in [0, 0.05) is 5.92 Å². The van der Waals surface area contributed by atoms with Gasteiger partial charge in [-0.3, -0.25) is 14.2 Å². The minimum Gasteiger partial charge on any atom is -0.463 e. The van der Waals surface area contributed by atoms with E-state index in [2.05, 4.69) is 9.72 Å². The standard InChI is InChI=1S/C18H19N3O5S/c1-8(2)15-20-16-12(9(3)13(27-16)14(19)22)17(23)21(15)7-10-5-6-11(26-10)18(24)25-4/h5-6,8H,7H2,1-4H3,(H2,19,22). The molecule has 27 heavy (non-hydrogen) atoms. The third-order valence-corrected chi connectivity index (χ3v) is 5.38. The molecule has 9 heteroatoms. The Labute approximate surface area is 158 Å². The summed E-state index contributed by atoms with van der Waals surface area (Å²) in [7, 11) is 1.26. The lowest BCUT2D eigenvalue weighted by Crippen LogP contribution is -2.26. The number of nitrogens with two attached hydrogens (primary N) is 1. The minimum atomic E-state index is -0.592. The van der Waals surface area contributed by atoms with E-state index < -0.39 is 11.9 Å². The molecule has 3 rings (SSSR count). The van der Waals surface area contributed by atoms with E-state index in [1.165, 1.54) is 17.7 Å². The topological polar surface area (TPSA) is 117 Å². The quantitative estimate of drug-likeness (QED) is 0.670. The summed E-state index contributed by atoms with van der Waals surface area (Å²) in [4.78, 5) is 41.8. The number of methoxy groups -OCH3 is 1. The Bertz CT molecular complexity index is 1110. The van der Waals surface area contributed by atoms with Crippen LogP contribution in [0.3, 0.4) is 0 Å². The molecule has 0 saturated heterocycles. The molecule has 142 valence electrons. The number of hydrogen-bond donors (Lipinski definition) is 1. The highest BCUT2D eigenvalue weighted by Crippen LogP contribution is 2.28. The maximum Gasteiger partial charge on any atom is 0.373 e. The van der Waals surface area contributed by atoms with E-state index in [4.69, 9.17) is 10.2 Å². The molecule has 0 radical (unpaired) electrons. The molecule has 0 aliphatic rings. The summed E-state index contributed by atoms with van der Waals surface area (Å²) in [6.45, 7) is 5.63. The molecule has 0 spiro atoms. The van der Waals surface area contributed by atoms with Gasteiger partial charge in [-0.25, -0.2) is 9.78 Å². The fourth-order valence-electron chi connectivity index (χ4n) is 2.89. The van der Waals surface area contributed by atoms with Gasteiger partial charge in [-0.2, -0.15) is 0 Å². The fourth-order valence-corrected chi connectivity index (χ4v) is 3.92. The van der Waals surface area contributed by atoms with Crippen LogP contribution in [0.1, 0.15) is 57.1 Å². The summed E-state index contributed by atoms with van der Waals surface area (Å²) in [5.74, 6) is -0.184. The first kappa shape index (κ1) is 18.8. The normalized spacial score (nSPS) is 11.3. The molecule has 1 amide bonds. The molecule has 0 atom stereocenters. The summed E-state index contributed by atoms with van der Waals surface area (Å²) in [6, 6.07) is 3.11. The number of thiophene rings is 1. The SMILES string of the molecule is COC(=O)c1ccc(Cn2c(C(C)C)nc3sc(C(N)=O)c(C)c3c2=O)o1. The molecule has 2 N–H and O–H groups in total. The summed E-state index contributed by atoms with van der Waals surface area (Å²) < 4.78 is 11.6. The van der Waals surface area contributed by atoms with Gasteiger partial charge in [-0.05, 0) is 24.6 Å². The Balaban J connectivity index is 2.17. The Morgan fingerprint density at radius 2 is 2.07 bits per heavy atom. The van der Waals surface area contributed by atoms with Gasteiger partial charge in [-0.15, -0.1) is 11.3 Å². The lowest BCUT2D eigenvalue weighted by Gasteiger charge is -2.14. The van der Waals surface area contributed by atoms with Crippen LogP contribution in [0.15, 0.2) is 21.3 Å². The highest BCUT2D eigenvalue weighted by Gasteiger charge is 2.22. The van der Waals surface area contributed by atoms with Crippen LogP contribution in [0.5, 0.6) is 0 Å². The van der Waals surface area contributed by atoms with Crippen molar-refractivity contribution in [1.29, 1.82) is 0 Å². The van der Waals surface area contributed by atoms with Gasteiger partial charge in [0.25, 0.3) is 11.5 Å². The summed E-state index contributed by atoms with van der Waals surface area (Å²) in [5, 5.41) is 0.373. The molecule has 0 aromatic carbocycles. The summed E-state index contributed by atoms with van der Waals surface area (Å²) in [5.41, 5.74) is 5.66. The lowest BCUT2D eigenvalue weighted by atomic mass is 10.1. The summed E-state index contributed by atoms with van der Waals surface area (Å²) in [6.07, 6.45) is 0. The van der Waals surface area contributed by atoms with E-state index in [9.17, 15) is 14.4 Å². The third kappa shape index (κ3) is 3.25. The molecule has 8 nitrogen and oxygen atoms in total. The van der Waals surface area contributed by atoms with Gasteiger partial charge in [0.1, 0.15) is 16.4 Å². The highest BCUT2D eigenvalue weighted by atomic mass is 32.1. The third-order valence-electron chi connectivity index (χ3n) is 4.18. The van der Waals surface area contributed by atoms with Crippen molar-refractivity contribution in [2.45, 2.75) is 33.2 Å².